The van der Waals surface area contributed by atoms with E-state index in [0.717, 1.165) is 25.0 Å². The lowest BCUT2D eigenvalue weighted by molar-refractivity contribution is -0.757. The van der Waals surface area contributed by atoms with Gasteiger partial charge in [-0.25, -0.2) is 0 Å². The molecule has 1 aliphatic rings. The van der Waals surface area contributed by atoms with Crippen LogP contribution in [0, 0.1) is 10.1 Å². The van der Waals surface area contributed by atoms with Gasteiger partial charge < -0.3 is 20.0 Å². The second-order valence-electron chi connectivity index (χ2n) is 5.87. The maximum atomic E-state index is 10.1. The number of rotatable bonds is 10. The van der Waals surface area contributed by atoms with Crippen molar-refractivity contribution in [3.8, 4) is 5.75 Å². The van der Waals surface area contributed by atoms with E-state index in [4.69, 9.17) is 4.74 Å². The summed E-state index contributed by atoms with van der Waals surface area (Å²) in [5.74, 6) is 0.867. The van der Waals surface area contributed by atoms with Gasteiger partial charge in [-0.2, -0.15) is 0 Å². The number of nitrogens with one attached hydrogen (secondary N) is 1. The lowest BCUT2D eigenvalue weighted by atomic mass is 10.1. The van der Waals surface area contributed by atoms with Crippen molar-refractivity contribution in [2.24, 2.45) is 0 Å². The molecule has 7 nitrogen and oxygen atoms in total. The smallest absolute Gasteiger partial charge is 0.294 e. The molecule has 1 aromatic rings. The molecule has 7 heteroatoms. The Balaban J connectivity index is 1.66. The monoisotopic (exact) mass is 324 g/mol. The van der Waals surface area contributed by atoms with E-state index in [2.05, 4.69) is 16.2 Å². The van der Waals surface area contributed by atoms with E-state index in [1.807, 2.05) is 19.1 Å². The summed E-state index contributed by atoms with van der Waals surface area (Å²) in [6.45, 7) is 2.53. The molecule has 0 radical (unpaired) electrons. The van der Waals surface area contributed by atoms with E-state index < -0.39 is 11.2 Å². The van der Waals surface area contributed by atoms with Gasteiger partial charge in [-0.05, 0) is 49.8 Å². The van der Waals surface area contributed by atoms with E-state index in [1.165, 1.54) is 11.1 Å². The van der Waals surface area contributed by atoms with Gasteiger partial charge in [0.2, 0.25) is 0 Å². The van der Waals surface area contributed by atoms with E-state index in [1.54, 1.807) is 0 Å². The van der Waals surface area contributed by atoms with Crippen molar-refractivity contribution in [3.05, 3.63) is 39.4 Å². The van der Waals surface area contributed by atoms with Gasteiger partial charge in [0.05, 0.1) is 6.61 Å². The van der Waals surface area contributed by atoms with Crippen molar-refractivity contribution < 1.29 is 19.8 Å². The Morgan fingerprint density at radius 3 is 3.04 bits per heavy atom. The van der Waals surface area contributed by atoms with Crippen LogP contribution in [0.3, 0.4) is 0 Å². The third-order valence-corrected chi connectivity index (χ3v) is 3.98. The summed E-state index contributed by atoms with van der Waals surface area (Å²) in [6, 6.07) is 6.08. The highest BCUT2D eigenvalue weighted by molar-refractivity contribution is 5.43. The van der Waals surface area contributed by atoms with Crippen LogP contribution in [-0.4, -0.2) is 42.1 Å². The zero-order valence-corrected chi connectivity index (χ0v) is 13.4. The Morgan fingerprint density at radius 2 is 2.26 bits per heavy atom. The van der Waals surface area contributed by atoms with Gasteiger partial charge in [-0.1, -0.05) is 12.1 Å². The molecule has 128 valence electrons. The summed E-state index contributed by atoms with van der Waals surface area (Å²) in [5.41, 5.74) is 2.60. The third-order valence-electron chi connectivity index (χ3n) is 3.98. The SMILES string of the molecule is CC(CCO[N+](=O)[O-])NCC(O)COc1cccc2c1CCC2. The molecule has 0 spiro atoms. The zero-order chi connectivity index (χ0) is 16.7. The Hall–Kier alpha value is -1.86. The molecule has 0 aromatic heterocycles. The predicted octanol–water partition coefficient (Wildman–Crippen LogP) is 1.49. The molecule has 2 N–H and O–H groups in total. The third kappa shape index (κ3) is 5.69. The largest absolute Gasteiger partial charge is 0.491 e. The first-order valence-electron chi connectivity index (χ1n) is 7.98. The van der Waals surface area contributed by atoms with Crippen LogP contribution in [0.25, 0.3) is 0 Å². The average molecular weight is 324 g/mol. The number of aryl methyl sites for hydroxylation is 1. The standard InChI is InChI=1S/C16H24N2O5/c1-12(8-9-23-18(20)21)17-10-14(19)11-22-16-7-3-5-13-4-2-6-15(13)16/h3,5,7,12,14,17,19H,2,4,6,8-11H2,1H3. The molecular formula is C16H24N2O5. The molecule has 0 heterocycles. The summed E-state index contributed by atoms with van der Waals surface area (Å²) in [5, 5.41) is 22.4. The Morgan fingerprint density at radius 1 is 1.43 bits per heavy atom. The summed E-state index contributed by atoms with van der Waals surface area (Å²) in [6.07, 6.45) is 3.16. The van der Waals surface area contributed by atoms with Crippen LogP contribution in [0.2, 0.25) is 0 Å². The fourth-order valence-corrected chi connectivity index (χ4v) is 2.71. The zero-order valence-electron chi connectivity index (χ0n) is 13.4. The highest BCUT2D eigenvalue weighted by atomic mass is 16.9. The fraction of sp³-hybridized carbons (Fsp3) is 0.625. The van der Waals surface area contributed by atoms with Crippen LogP contribution >= 0.6 is 0 Å². The van der Waals surface area contributed by atoms with Crippen molar-refractivity contribution in [3.63, 3.8) is 0 Å². The Bertz CT molecular complexity index is 523. The van der Waals surface area contributed by atoms with Gasteiger partial charge in [0.1, 0.15) is 18.5 Å². The number of aliphatic hydroxyl groups excluding tert-OH is 1. The van der Waals surface area contributed by atoms with Gasteiger partial charge in [-0.15, -0.1) is 10.1 Å². The molecule has 0 aliphatic heterocycles. The quantitative estimate of drug-likeness (QED) is 0.500. The molecule has 0 saturated carbocycles. The molecule has 1 aromatic carbocycles. The molecule has 2 unspecified atom stereocenters. The van der Waals surface area contributed by atoms with Crippen molar-refractivity contribution in [2.75, 3.05) is 19.8 Å². The molecule has 0 amide bonds. The molecule has 0 saturated heterocycles. The predicted molar refractivity (Wildman–Crippen MR) is 85.0 cm³/mol. The van der Waals surface area contributed by atoms with Crippen molar-refractivity contribution in [1.29, 1.82) is 0 Å². The molecule has 0 fully saturated rings. The van der Waals surface area contributed by atoms with E-state index in [-0.39, 0.29) is 19.3 Å². The minimum atomic E-state index is -0.798. The van der Waals surface area contributed by atoms with E-state index >= 15 is 0 Å². The highest BCUT2D eigenvalue weighted by Gasteiger charge is 2.16. The average Bonchev–Trinajstić information content (AvgIpc) is 2.99. The maximum absolute atomic E-state index is 10.1. The van der Waals surface area contributed by atoms with Crippen molar-refractivity contribution >= 4 is 0 Å². The molecule has 23 heavy (non-hydrogen) atoms. The Labute approximate surface area is 135 Å². The fourth-order valence-electron chi connectivity index (χ4n) is 2.71. The molecular weight excluding hydrogens is 300 g/mol. The van der Waals surface area contributed by atoms with Crippen molar-refractivity contribution in [2.45, 2.75) is 44.8 Å². The van der Waals surface area contributed by atoms with Crippen LogP contribution in [0.4, 0.5) is 0 Å². The van der Waals surface area contributed by atoms with E-state index in [9.17, 15) is 15.2 Å². The second-order valence-corrected chi connectivity index (χ2v) is 5.87. The first kappa shape index (κ1) is 17.5. The minimum absolute atomic E-state index is 0.0190. The summed E-state index contributed by atoms with van der Waals surface area (Å²) >= 11 is 0. The molecule has 2 atom stereocenters. The van der Waals surface area contributed by atoms with Crippen LogP contribution in [-0.2, 0) is 17.7 Å². The topological polar surface area (TPSA) is 93.9 Å². The summed E-state index contributed by atoms with van der Waals surface area (Å²) in [4.78, 5) is 14.3. The second kappa shape index (κ2) is 8.69. The number of benzene rings is 1. The van der Waals surface area contributed by atoms with Gasteiger partial charge in [-0.3, -0.25) is 0 Å². The number of aliphatic hydroxyl groups is 1. The maximum Gasteiger partial charge on any atom is 0.294 e. The first-order chi connectivity index (χ1) is 11.1. The molecule has 2 rings (SSSR count). The van der Waals surface area contributed by atoms with Crippen LogP contribution in [0.15, 0.2) is 18.2 Å². The lowest BCUT2D eigenvalue weighted by Crippen LogP contribution is -2.37. The van der Waals surface area contributed by atoms with Gasteiger partial charge >= 0.3 is 0 Å². The van der Waals surface area contributed by atoms with Crippen LogP contribution in [0.1, 0.15) is 30.9 Å². The van der Waals surface area contributed by atoms with Crippen LogP contribution in [0.5, 0.6) is 5.75 Å². The minimum Gasteiger partial charge on any atom is -0.491 e. The van der Waals surface area contributed by atoms with E-state index in [0.29, 0.717) is 13.0 Å². The molecule has 1 aliphatic carbocycles. The van der Waals surface area contributed by atoms with Crippen LogP contribution < -0.4 is 10.1 Å². The number of hydrogen-bond donors (Lipinski definition) is 2. The van der Waals surface area contributed by atoms with Gasteiger partial charge in [0.25, 0.3) is 5.09 Å². The lowest BCUT2D eigenvalue weighted by Gasteiger charge is -2.18. The first-order valence-corrected chi connectivity index (χ1v) is 7.98. The van der Waals surface area contributed by atoms with Gasteiger partial charge in [0.15, 0.2) is 0 Å². The highest BCUT2D eigenvalue weighted by Crippen LogP contribution is 2.30. The van der Waals surface area contributed by atoms with Gasteiger partial charge in [0, 0.05) is 12.6 Å². The summed E-state index contributed by atoms with van der Waals surface area (Å²) < 4.78 is 5.75. The summed E-state index contributed by atoms with van der Waals surface area (Å²) in [7, 11) is 0. The number of hydrogen-bond acceptors (Lipinski definition) is 6. The normalized spacial score (nSPS) is 15.7. The van der Waals surface area contributed by atoms with Crippen molar-refractivity contribution in [1.82, 2.24) is 5.32 Å². The number of fused-ring (bicyclic) bond motifs is 1. The number of ether oxygens (including phenoxy) is 1. The molecule has 0 bridgehead atoms. The number of nitrogens with zero attached hydrogens (tertiary/aromatic N) is 1. The Kier molecular flexibility index (Phi) is 6.61.